The van der Waals surface area contributed by atoms with Gasteiger partial charge in [0, 0.05) is 5.75 Å². The number of ether oxygens (including phenoxy) is 1. The molecule has 0 heterocycles. The van der Waals surface area contributed by atoms with E-state index in [1.165, 1.54) is 17.3 Å². The standard InChI is InChI=1S/C19H19NO2S/c20-13-17-8-10-18(11-9-17)14-23-15-19(21)22-12-4-7-16-5-2-1-3-6-16/h1-3,5-6,8-11H,4,7,12,14-15H2. The molecular formula is C19H19NO2S. The average Bonchev–Trinajstić information content (AvgIpc) is 2.60. The van der Waals surface area contributed by atoms with Crippen molar-refractivity contribution in [2.24, 2.45) is 0 Å². The number of hydrogen-bond acceptors (Lipinski definition) is 4. The molecule has 0 amide bonds. The summed E-state index contributed by atoms with van der Waals surface area (Å²) in [5.74, 6) is 0.924. The maximum Gasteiger partial charge on any atom is 0.315 e. The molecule has 0 bridgehead atoms. The first kappa shape index (κ1) is 17.1. The molecular weight excluding hydrogens is 306 g/mol. The molecule has 0 unspecified atom stereocenters. The van der Waals surface area contributed by atoms with Crippen LogP contribution in [-0.2, 0) is 21.7 Å². The van der Waals surface area contributed by atoms with Crippen LogP contribution in [0.4, 0.5) is 0 Å². The summed E-state index contributed by atoms with van der Waals surface area (Å²) in [4.78, 5) is 11.7. The summed E-state index contributed by atoms with van der Waals surface area (Å²) in [5, 5.41) is 8.74. The lowest BCUT2D eigenvalue weighted by Gasteiger charge is -2.05. The Morgan fingerprint density at radius 3 is 2.48 bits per heavy atom. The minimum Gasteiger partial charge on any atom is -0.465 e. The summed E-state index contributed by atoms with van der Waals surface area (Å²) >= 11 is 1.52. The van der Waals surface area contributed by atoms with Gasteiger partial charge in [0.2, 0.25) is 0 Å². The van der Waals surface area contributed by atoms with Gasteiger partial charge in [-0.15, -0.1) is 11.8 Å². The van der Waals surface area contributed by atoms with E-state index in [9.17, 15) is 4.79 Å². The van der Waals surface area contributed by atoms with Crippen molar-refractivity contribution in [2.75, 3.05) is 12.4 Å². The maximum absolute atomic E-state index is 11.7. The van der Waals surface area contributed by atoms with E-state index in [2.05, 4.69) is 18.2 Å². The van der Waals surface area contributed by atoms with Crippen molar-refractivity contribution in [3.63, 3.8) is 0 Å². The van der Waals surface area contributed by atoms with E-state index in [-0.39, 0.29) is 5.97 Å². The lowest BCUT2D eigenvalue weighted by atomic mass is 10.1. The predicted octanol–water partition coefficient (Wildman–Crippen LogP) is 3.97. The zero-order valence-corrected chi connectivity index (χ0v) is 13.7. The fourth-order valence-corrected chi connectivity index (χ4v) is 2.86. The van der Waals surface area contributed by atoms with Crippen molar-refractivity contribution in [2.45, 2.75) is 18.6 Å². The Bertz CT molecular complexity index is 647. The molecule has 2 aromatic carbocycles. The highest BCUT2D eigenvalue weighted by atomic mass is 32.2. The van der Waals surface area contributed by atoms with Gasteiger partial charge < -0.3 is 4.74 Å². The van der Waals surface area contributed by atoms with Crippen LogP contribution >= 0.6 is 11.8 Å². The van der Waals surface area contributed by atoms with Gasteiger partial charge in [-0.05, 0) is 36.1 Å². The number of aryl methyl sites for hydroxylation is 1. The number of esters is 1. The lowest BCUT2D eigenvalue weighted by molar-refractivity contribution is -0.140. The number of nitriles is 1. The third-order valence-electron chi connectivity index (χ3n) is 3.29. The van der Waals surface area contributed by atoms with Crippen LogP contribution in [0.15, 0.2) is 54.6 Å². The molecule has 0 N–H and O–H groups in total. The molecule has 0 atom stereocenters. The van der Waals surface area contributed by atoms with Crippen LogP contribution in [0.3, 0.4) is 0 Å². The molecule has 4 heteroatoms. The topological polar surface area (TPSA) is 50.1 Å². The first-order valence-corrected chi connectivity index (χ1v) is 8.70. The molecule has 0 spiro atoms. The molecule has 3 nitrogen and oxygen atoms in total. The van der Waals surface area contributed by atoms with Crippen molar-refractivity contribution in [1.82, 2.24) is 0 Å². The van der Waals surface area contributed by atoms with Crippen LogP contribution in [0.5, 0.6) is 0 Å². The van der Waals surface area contributed by atoms with Crippen molar-refractivity contribution in [1.29, 1.82) is 5.26 Å². The van der Waals surface area contributed by atoms with Crippen LogP contribution in [0.1, 0.15) is 23.1 Å². The highest BCUT2D eigenvalue weighted by Gasteiger charge is 2.04. The Balaban J connectivity index is 1.57. The number of rotatable bonds is 8. The highest BCUT2D eigenvalue weighted by molar-refractivity contribution is 7.99. The van der Waals surface area contributed by atoms with Gasteiger partial charge in [-0.25, -0.2) is 0 Å². The van der Waals surface area contributed by atoms with Crippen LogP contribution in [0.2, 0.25) is 0 Å². The summed E-state index contributed by atoms with van der Waals surface area (Å²) < 4.78 is 5.24. The molecule has 0 aliphatic rings. The highest BCUT2D eigenvalue weighted by Crippen LogP contribution is 2.13. The molecule has 2 aromatic rings. The van der Waals surface area contributed by atoms with E-state index in [4.69, 9.17) is 10.00 Å². The molecule has 23 heavy (non-hydrogen) atoms. The van der Waals surface area contributed by atoms with E-state index < -0.39 is 0 Å². The zero-order chi connectivity index (χ0) is 16.3. The summed E-state index contributed by atoms with van der Waals surface area (Å²) in [5.41, 5.74) is 3.01. The SMILES string of the molecule is N#Cc1ccc(CSCC(=O)OCCCc2ccccc2)cc1. The molecule has 0 saturated carbocycles. The summed E-state index contributed by atoms with van der Waals surface area (Å²) in [7, 11) is 0. The van der Waals surface area contributed by atoms with Crippen molar-refractivity contribution in [3.8, 4) is 6.07 Å². The molecule has 0 aromatic heterocycles. The minimum atomic E-state index is -0.170. The van der Waals surface area contributed by atoms with Crippen LogP contribution in [-0.4, -0.2) is 18.3 Å². The van der Waals surface area contributed by atoms with Gasteiger partial charge in [0.15, 0.2) is 0 Å². The van der Waals surface area contributed by atoms with Crippen molar-refractivity contribution < 1.29 is 9.53 Å². The van der Waals surface area contributed by atoms with Gasteiger partial charge in [-0.3, -0.25) is 4.79 Å². The third-order valence-corrected chi connectivity index (χ3v) is 4.26. The van der Waals surface area contributed by atoms with Gasteiger partial charge in [0.1, 0.15) is 0 Å². The normalized spacial score (nSPS) is 10.0. The first-order valence-electron chi connectivity index (χ1n) is 7.54. The summed E-state index contributed by atoms with van der Waals surface area (Å²) in [6, 6.07) is 19.7. The summed E-state index contributed by atoms with van der Waals surface area (Å²) in [6.45, 7) is 0.463. The van der Waals surface area contributed by atoms with E-state index in [0.29, 0.717) is 17.9 Å². The van der Waals surface area contributed by atoms with E-state index >= 15 is 0 Å². The molecule has 0 fully saturated rings. The van der Waals surface area contributed by atoms with Crippen LogP contribution in [0, 0.1) is 11.3 Å². The van der Waals surface area contributed by atoms with Gasteiger partial charge in [-0.1, -0.05) is 42.5 Å². The Morgan fingerprint density at radius 2 is 1.78 bits per heavy atom. The largest absolute Gasteiger partial charge is 0.465 e. The van der Waals surface area contributed by atoms with Gasteiger partial charge in [-0.2, -0.15) is 5.26 Å². The van der Waals surface area contributed by atoms with Crippen molar-refractivity contribution >= 4 is 17.7 Å². The number of nitrogens with zero attached hydrogens (tertiary/aromatic N) is 1. The zero-order valence-electron chi connectivity index (χ0n) is 12.9. The van der Waals surface area contributed by atoms with Crippen LogP contribution < -0.4 is 0 Å². The third kappa shape index (κ3) is 6.58. The molecule has 2 rings (SSSR count). The molecule has 0 radical (unpaired) electrons. The number of carbonyl (C=O) groups excluding carboxylic acids is 1. The lowest BCUT2D eigenvalue weighted by Crippen LogP contribution is -2.09. The Kier molecular flexibility index (Phi) is 7.22. The molecule has 0 saturated heterocycles. The monoisotopic (exact) mass is 325 g/mol. The van der Waals surface area contributed by atoms with E-state index in [1.54, 1.807) is 12.1 Å². The smallest absolute Gasteiger partial charge is 0.315 e. The van der Waals surface area contributed by atoms with Crippen molar-refractivity contribution in [3.05, 3.63) is 71.3 Å². The van der Waals surface area contributed by atoms with E-state index in [1.807, 2.05) is 30.3 Å². The van der Waals surface area contributed by atoms with Gasteiger partial charge >= 0.3 is 5.97 Å². The number of hydrogen-bond donors (Lipinski definition) is 0. The number of thioether (sulfide) groups is 1. The van der Waals surface area contributed by atoms with E-state index in [0.717, 1.165) is 24.2 Å². The van der Waals surface area contributed by atoms with Crippen LogP contribution in [0.25, 0.3) is 0 Å². The molecule has 0 aliphatic heterocycles. The predicted molar refractivity (Wildman–Crippen MR) is 93.0 cm³/mol. The van der Waals surface area contributed by atoms with Gasteiger partial charge in [0.25, 0.3) is 0 Å². The molecule has 0 aliphatic carbocycles. The quantitative estimate of drug-likeness (QED) is 0.544. The Labute approximate surface area is 141 Å². The second-order valence-electron chi connectivity index (χ2n) is 5.11. The average molecular weight is 325 g/mol. The van der Waals surface area contributed by atoms with Gasteiger partial charge in [0.05, 0.1) is 24.0 Å². The second kappa shape index (κ2) is 9.70. The Morgan fingerprint density at radius 1 is 1.04 bits per heavy atom. The Hall–Kier alpha value is -2.25. The fraction of sp³-hybridized carbons (Fsp3) is 0.263. The minimum absolute atomic E-state index is 0.170. The number of carbonyl (C=O) groups is 1. The fourth-order valence-electron chi connectivity index (χ4n) is 2.08. The second-order valence-corrected chi connectivity index (χ2v) is 6.10. The first-order chi connectivity index (χ1) is 11.3. The maximum atomic E-state index is 11.7. The number of benzene rings is 2. The summed E-state index contributed by atoms with van der Waals surface area (Å²) in [6.07, 6.45) is 1.77. The molecule has 118 valence electrons.